The maximum atomic E-state index is 10.9. The third-order valence-electron chi connectivity index (χ3n) is 6.25. The van der Waals surface area contributed by atoms with Gasteiger partial charge in [0.05, 0.1) is 6.10 Å². The van der Waals surface area contributed by atoms with Crippen molar-refractivity contribution in [2.75, 3.05) is 5.75 Å². The lowest BCUT2D eigenvalue weighted by molar-refractivity contribution is -0.112. The van der Waals surface area contributed by atoms with Gasteiger partial charge in [-0.2, -0.15) is 11.8 Å². The number of hydrogen-bond donors (Lipinski definition) is 1. The molecule has 0 radical (unpaired) electrons. The first-order chi connectivity index (χ1) is 10.6. The first-order valence-corrected chi connectivity index (χ1v) is 10.2. The summed E-state index contributed by atoms with van der Waals surface area (Å²) < 4.78 is 0. The molecular formula is C19H25ClOS. The molecule has 4 bridgehead atoms. The van der Waals surface area contributed by atoms with Crippen LogP contribution in [0.4, 0.5) is 0 Å². The SMILES string of the molecule is OC(CSCc1ccc(Cl)cc1)C12CC3CC(CC(C3)C1)C2. The second-order valence-electron chi connectivity index (χ2n) is 7.94. The van der Waals surface area contributed by atoms with Gasteiger partial charge in [-0.25, -0.2) is 0 Å². The number of thioether (sulfide) groups is 1. The number of benzene rings is 1. The van der Waals surface area contributed by atoms with Crippen molar-refractivity contribution in [1.82, 2.24) is 0 Å². The molecule has 3 heteroatoms. The van der Waals surface area contributed by atoms with Crippen LogP contribution in [0.2, 0.25) is 5.02 Å². The van der Waals surface area contributed by atoms with Crippen molar-refractivity contribution >= 4 is 23.4 Å². The van der Waals surface area contributed by atoms with Gasteiger partial charge >= 0.3 is 0 Å². The zero-order valence-corrected chi connectivity index (χ0v) is 14.6. The Morgan fingerprint density at radius 3 is 2.14 bits per heavy atom. The highest BCUT2D eigenvalue weighted by Gasteiger charge is 2.53. The van der Waals surface area contributed by atoms with E-state index in [-0.39, 0.29) is 11.5 Å². The molecule has 4 aliphatic carbocycles. The van der Waals surface area contributed by atoms with Gasteiger partial charge in [0.15, 0.2) is 0 Å². The molecule has 1 aromatic rings. The molecule has 1 unspecified atom stereocenters. The summed E-state index contributed by atoms with van der Waals surface area (Å²) in [6.07, 6.45) is 8.11. The van der Waals surface area contributed by atoms with Crippen molar-refractivity contribution in [2.24, 2.45) is 23.2 Å². The Hall–Kier alpha value is -0.180. The number of aliphatic hydroxyl groups is 1. The summed E-state index contributed by atoms with van der Waals surface area (Å²) in [5.41, 5.74) is 1.56. The summed E-state index contributed by atoms with van der Waals surface area (Å²) in [7, 11) is 0. The molecule has 1 N–H and O–H groups in total. The van der Waals surface area contributed by atoms with Crippen molar-refractivity contribution in [1.29, 1.82) is 0 Å². The van der Waals surface area contributed by atoms with Gasteiger partial charge in [0.1, 0.15) is 0 Å². The van der Waals surface area contributed by atoms with Gasteiger partial charge in [0, 0.05) is 16.5 Å². The van der Waals surface area contributed by atoms with E-state index in [1.54, 1.807) is 0 Å². The molecular weight excluding hydrogens is 312 g/mol. The maximum absolute atomic E-state index is 10.9. The first-order valence-electron chi connectivity index (χ1n) is 8.63. The minimum Gasteiger partial charge on any atom is -0.392 e. The summed E-state index contributed by atoms with van der Waals surface area (Å²) in [6, 6.07) is 8.08. The van der Waals surface area contributed by atoms with Crippen LogP contribution in [0.25, 0.3) is 0 Å². The standard InChI is InChI=1S/C19H25ClOS/c20-17-3-1-13(2-4-17)11-22-12-18(21)19-8-14-5-15(9-19)7-16(6-14)10-19/h1-4,14-16,18,21H,5-12H2. The Balaban J connectivity index is 1.34. The lowest BCUT2D eigenvalue weighted by Crippen LogP contribution is -2.52. The molecule has 5 rings (SSSR count). The summed E-state index contributed by atoms with van der Waals surface area (Å²) in [5, 5.41) is 11.7. The summed E-state index contributed by atoms with van der Waals surface area (Å²) in [5.74, 6) is 4.61. The van der Waals surface area contributed by atoms with Crippen LogP contribution in [0, 0.1) is 23.2 Å². The average Bonchev–Trinajstić information content (AvgIpc) is 2.48. The monoisotopic (exact) mass is 336 g/mol. The van der Waals surface area contributed by atoms with E-state index < -0.39 is 0 Å². The summed E-state index contributed by atoms with van der Waals surface area (Å²) >= 11 is 7.80. The molecule has 22 heavy (non-hydrogen) atoms. The molecule has 0 aromatic heterocycles. The smallest absolute Gasteiger partial charge is 0.0687 e. The highest BCUT2D eigenvalue weighted by Crippen LogP contribution is 2.61. The molecule has 0 aliphatic heterocycles. The molecule has 0 saturated heterocycles. The minimum atomic E-state index is -0.113. The molecule has 0 spiro atoms. The van der Waals surface area contributed by atoms with Crippen molar-refractivity contribution < 1.29 is 5.11 Å². The molecule has 1 atom stereocenters. The van der Waals surface area contributed by atoms with Gasteiger partial charge in [-0.05, 0) is 79.4 Å². The van der Waals surface area contributed by atoms with E-state index in [1.165, 1.54) is 44.1 Å². The normalized spacial score (nSPS) is 37.5. The number of halogens is 1. The lowest BCUT2D eigenvalue weighted by Gasteiger charge is -2.58. The maximum Gasteiger partial charge on any atom is 0.0687 e. The average molecular weight is 337 g/mol. The Labute approximate surface area is 142 Å². The second-order valence-corrected chi connectivity index (χ2v) is 9.40. The van der Waals surface area contributed by atoms with E-state index >= 15 is 0 Å². The molecule has 120 valence electrons. The van der Waals surface area contributed by atoms with E-state index in [4.69, 9.17) is 11.6 Å². The minimum absolute atomic E-state index is 0.113. The van der Waals surface area contributed by atoms with Crippen LogP contribution in [0.15, 0.2) is 24.3 Å². The number of rotatable bonds is 5. The molecule has 0 heterocycles. The fourth-order valence-corrected chi connectivity index (χ4v) is 6.88. The largest absolute Gasteiger partial charge is 0.392 e. The topological polar surface area (TPSA) is 20.2 Å². The Bertz CT molecular complexity index is 491. The van der Waals surface area contributed by atoms with Crippen molar-refractivity contribution in [3.63, 3.8) is 0 Å². The summed E-state index contributed by atoms with van der Waals surface area (Å²) in [6.45, 7) is 0. The molecule has 4 aliphatic rings. The van der Waals surface area contributed by atoms with Crippen LogP contribution in [0.5, 0.6) is 0 Å². The van der Waals surface area contributed by atoms with Gasteiger partial charge in [-0.3, -0.25) is 0 Å². The van der Waals surface area contributed by atoms with Crippen LogP contribution in [0.3, 0.4) is 0 Å². The number of aliphatic hydroxyl groups excluding tert-OH is 1. The van der Waals surface area contributed by atoms with Crippen LogP contribution in [-0.4, -0.2) is 17.0 Å². The zero-order chi connectivity index (χ0) is 15.2. The third kappa shape index (κ3) is 2.95. The van der Waals surface area contributed by atoms with Crippen LogP contribution in [0.1, 0.15) is 44.1 Å². The fraction of sp³-hybridized carbons (Fsp3) is 0.684. The predicted octanol–water partition coefficient (Wildman–Crippen LogP) is 5.15. The van der Waals surface area contributed by atoms with Crippen LogP contribution >= 0.6 is 23.4 Å². The van der Waals surface area contributed by atoms with E-state index in [0.717, 1.165) is 34.3 Å². The fourth-order valence-electron chi connectivity index (χ4n) is 5.63. The quantitative estimate of drug-likeness (QED) is 0.802. The van der Waals surface area contributed by atoms with Gasteiger partial charge in [-0.15, -0.1) is 0 Å². The van der Waals surface area contributed by atoms with Crippen molar-refractivity contribution in [2.45, 2.75) is 50.4 Å². The van der Waals surface area contributed by atoms with E-state index in [9.17, 15) is 5.11 Å². The first kappa shape index (κ1) is 15.4. The second kappa shape index (κ2) is 6.03. The highest BCUT2D eigenvalue weighted by atomic mass is 35.5. The number of hydrogen-bond acceptors (Lipinski definition) is 2. The van der Waals surface area contributed by atoms with E-state index in [0.29, 0.717) is 0 Å². The van der Waals surface area contributed by atoms with E-state index in [2.05, 4.69) is 12.1 Å². The Morgan fingerprint density at radius 2 is 1.59 bits per heavy atom. The predicted molar refractivity (Wildman–Crippen MR) is 94.2 cm³/mol. The van der Waals surface area contributed by atoms with Crippen LogP contribution in [-0.2, 0) is 5.75 Å². The summed E-state index contributed by atoms with van der Waals surface area (Å²) in [4.78, 5) is 0. The zero-order valence-electron chi connectivity index (χ0n) is 13.0. The molecule has 4 saturated carbocycles. The Morgan fingerprint density at radius 1 is 1.05 bits per heavy atom. The van der Waals surface area contributed by atoms with Gasteiger partial charge < -0.3 is 5.11 Å². The van der Waals surface area contributed by atoms with Crippen molar-refractivity contribution in [3.8, 4) is 0 Å². The van der Waals surface area contributed by atoms with Gasteiger partial charge in [-0.1, -0.05) is 23.7 Å². The van der Waals surface area contributed by atoms with Crippen LogP contribution < -0.4 is 0 Å². The molecule has 1 aromatic carbocycles. The van der Waals surface area contributed by atoms with E-state index in [1.807, 2.05) is 23.9 Å². The van der Waals surface area contributed by atoms with Gasteiger partial charge in [0.2, 0.25) is 0 Å². The van der Waals surface area contributed by atoms with Crippen molar-refractivity contribution in [3.05, 3.63) is 34.9 Å². The molecule has 0 amide bonds. The molecule has 1 nitrogen and oxygen atoms in total. The van der Waals surface area contributed by atoms with Gasteiger partial charge in [0.25, 0.3) is 0 Å². The third-order valence-corrected chi connectivity index (χ3v) is 7.59. The molecule has 4 fully saturated rings. The lowest BCUT2D eigenvalue weighted by atomic mass is 9.48. The Kier molecular flexibility index (Phi) is 4.21. The highest BCUT2D eigenvalue weighted by molar-refractivity contribution is 7.98.